The molecule has 6 nitrogen and oxygen atoms in total. The van der Waals surface area contributed by atoms with E-state index in [4.69, 9.17) is 16.9 Å². The summed E-state index contributed by atoms with van der Waals surface area (Å²) in [6.45, 7) is 4.86. The Kier molecular flexibility index (Phi) is 4.90. The molecule has 0 radical (unpaired) electrons. The molecule has 3 rings (SSSR count). The smallest absolute Gasteiger partial charge is 0.243 e. The number of piperazine rings is 1. The lowest BCUT2D eigenvalue weighted by Crippen LogP contribution is -2.49. The van der Waals surface area contributed by atoms with E-state index in [-0.39, 0.29) is 21.5 Å². The van der Waals surface area contributed by atoms with Crippen molar-refractivity contribution in [3.63, 3.8) is 0 Å². The first-order valence-corrected chi connectivity index (χ1v) is 9.49. The fraction of sp³-hybridized carbons (Fsp3) is 0.533. The Hall–Kier alpha value is -1.17. The molecule has 2 aliphatic heterocycles. The van der Waals surface area contributed by atoms with Crippen LogP contribution in [0.15, 0.2) is 23.1 Å². The predicted molar refractivity (Wildman–Crippen MR) is 87.8 cm³/mol. The van der Waals surface area contributed by atoms with Gasteiger partial charge in [0.25, 0.3) is 0 Å². The first-order valence-electron chi connectivity index (χ1n) is 7.67. The maximum Gasteiger partial charge on any atom is 0.243 e. The first-order chi connectivity index (χ1) is 11.0. The number of benzene rings is 1. The summed E-state index contributed by atoms with van der Waals surface area (Å²) in [4.78, 5) is 2.51. The molecule has 0 spiro atoms. The zero-order valence-electron chi connectivity index (χ0n) is 12.7. The SMILES string of the molecule is N#Cc1ccc(S(=O)(=O)N2CCC(N3CCNCC3)C2)cc1Cl. The first kappa shape index (κ1) is 16.7. The molecule has 1 atom stereocenters. The fourth-order valence-corrected chi connectivity index (χ4v) is 4.98. The molecule has 124 valence electrons. The van der Waals surface area contributed by atoms with Crippen molar-refractivity contribution in [3.05, 3.63) is 28.8 Å². The molecule has 0 saturated carbocycles. The van der Waals surface area contributed by atoms with Gasteiger partial charge in [-0.15, -0.1) is 0 Å². The Morgan fingerprint density at radius 3 is 2.65 bits per heavy atom. The molecule has 23 heavy (non-hydrogen) atoms. The van der Waals surface area contributed by atoms with Gasteiger partial charge in [0, 0.05) is 45.3 Å². The summed E-state index contributed by atoms with van der Waals surface area (Å²) in [5, 5.41) is 12.4. The van der Waals surface area contributed by atoms with Crippen molar-refractivity contribution in [2.45, 2.75) is 17.4 Å². The Bertz CT molecular complexity index is 725. The molecule has 8 heteroatoms. The predicted octanol–water partition coefficient (Wildman–Crippen LogP) is 0.880. The van der Waals surface area contributed by atoms with Gasteiger partial charge in [-0.2, -0.15) is 9.57 Å². The second kappa shape index (κ2) is 6.75. The van der Waals surface area contributed by atoms with E-state index in [1.165, 1.54) is 22.5 Å². The van der Waals surface area contributed by atoms with Gasteiger partial charge in [0.2, 0.25) is 10.0 Å². The Morgan fingerprint density at radius 2 is 2.00 bits per heavy atom. The number of nitrogens with one attached hydrogen (secondary N) is 1. The van der Waals surface area contributed by atoms with Crippen LogP contribution in [0, 0.1) is 11.3 Å². The molecule has 2 heterocycles. The van der Waals surface area contributed by atoms with Gasteiger partial charge in [-0.25, -0.2) is 8.42 Å². The van der Waals surface area contributed by atoms with Crippen LogP contribution in [0.1, 0.15) is 12.0 Å². The van der Waals surface area contributed by atoms with E-state index in [1.54, 1.807) is 0 Å². The van der Waals surface area contributed by atoms with Gasteiger partial charge in [-0.1, -0.05) is 11.6 Å². The number of nitriles is 1. The summed E-state index contributed by atoms with van der Waals surface area (Å²) in [7, 11) is -3.56. The molecule has 2 aliphatic rings. The van der Waals surface area contributed by atoms with Crippen molar-refractivity contribution < 1.29 is 8.42 Å². The Morgan fingerprint density at radius 1 is 1.26 bits per heavy atom. The normalized spacial score (nSPS) is 23.7. The van der Waals surface area contributed by atoms with Gasteiger partial charge in [0.05, 0.1) is 15.5 Å². The lowest BCUT2D eigenvalue weighted by molar-refractivity contribution is 0.179. The van der Waals surface area contributed by atoms with Gasteiger partial charge in [0.15, 0.2) is 0 Å². The molecule has 0 aromatic heterocycles. The second-order valence-electron chi connectivity index (χ2n) is 5.84. The van der Waals surface area contributed by atoms with Crippen molar-refractivity contribution >= 4 is 21.6 Å². The van der Waals surface area contributed by atoms with Crippen LogP contribution in [-0.2, 0) is 10.0 Å². The minimum atomic E-state index is -3.56. The third kappa shape index (κ3) is 3.37. The average Bonchev–Trinajstić information content (AvgIpc) is 3.06. The van der Waals surface area contributed by atoms with E-state index in [1.807, 2.05) is 6.07 Å². The number of hydrogen-bond donors (Lipinski definition) is 1. The van der Waals surface area contributed by atoms with Crippen LogP contribution in [0.2, 0.25) is 5.02 Å². The van der Waals surface area contributed by atoms with Gasteiger partial charge in [-0.3, -0.25) is 4.90 Å². The molecule has 1 unspecified atom stereocenters. The summed E-state index contributed by atoms with van der Waals surface area (Å²) < 4.78 is 27.1. The van der Waals surface area contributed by atoms with Crippen LogP contribution < -0.4 is 5.32 Å². The van der Waals surface area contributed by atoms with E-state index in [2.05, 4.69) is 10.2 Å². The van der Waals surface area contributed by atoms with Crippen LogP contribution in [0.3, 0.4) is 0 Å². The minimum Gasteiger partial charge on any atom is -0.314 e. The lowest BCUT2D eigenvalue weighted by Gasteiger charge is -2.32. The zero-order chi connectivity index (χ0) is 16.4. The standard InChI is InChI=1S/C15H19ClN4O2S/c16-15-9-14(2-1-12(15)10-17)23(21,22)20-6-3-13(11-20)19-7-4-18-5-8-19/h1-2,9,13,18H,3-8,11H2. The largest absolute Gasteiger partial charge is 0.314 e. The molecule has 1 N–H and O–H groups in total. The summed E-state index contributed by atoms with van der Waals surface area (Å²) >= 11 is 5.97. The maximum absolute atomic E-state index is 12.8. The molecular weight excluding hydrogens is 336 g/mol. The highest BCUT2D eigenvalue weighted by atomic mass is 35.5. The van der Waals surface area contributed by atoms with Crippen molar-refractivity contribution in [3.8, 4) is 6.07 Å². The van der Waals surface area contributed by atoms with Crippen LogP contribution >= 0.6 is 11.6 Å². The third-order valence-corrected chi connectivity index (χ3v) is 6.67. The van der Waals surface area contributed by atoms with Gasteiger partial charge < -0.3 is 5.32 Å². The lowest BCUT2D eigenvalue weighted by atomic mass is 10.2. The van der Waals surface area contributed by atoms with Crippen LogP contribution in [0.4, 0.5) is 0 Å². The highest BCUT2D eigenvalue weighted by Crippen LogP contribution is 2.26. The second-order valence-corrected chi connectivity index (χ2v) is 8.19. The minimum absolute atomic E-state index is 0.155. The molecule has 1 aromatic carbocycles. The quantitative estimate of drug-likeness (QED) is 0.872. The summed E-state index contributed by atoms with van der Waals surface area (Å²) in [6, 6.07) is 6.50. The average molecular weight is 355 g/mol. The van der Waals surface area contributed by atoms with Crippen LogP contribution in [0.5, 0.6) is 0 Å². The molecule has 0 bridgehead atoms. The van der Waals surface area contributed by atoms with E-state index >= 15 is 0 Å². The van der Waals surface area contributed by atoms with Gasteiger partial charge in [-0.05, 0) is 24.6 Å². The van der Waals surface area contributed by atoms with E-state index in [0.717, 1.165) is 32.6 Å². The monoisotopic (exact) mass is 354 g/mol. The summed E-state index contributed by atoms with van der Waals surface area (Å²) in [5.74, 6) is 0. The number of sulfonamides is 1. The molecule has 2 saturated heterocycles. The van der Waals surface area contributed by atoms with E-state index < -0.39 is 10.0 Å². The number of rotatable bonds is 3. The third-order valence-electron chi connectivity index (χ3n) is 4.49. The number of hydrogen-bond acceptors (Lipinski definition) is 5. The zero-order valence-corrected chi connectivity index (χ0v) is 14.3. The van der Waals surface area contributed by atoms with E-state index in [9.17, 15) is 8.42 Å². The Balaban J connectivity index is 1.76. The highest BCUT2D eigenvalue weighted by molar-refractivity contribution is 7.89. The molecule has 0 amide bonds. The van der Waals surface area contributed by atoms with Gasteiger partial charge >= 0.3 is 0 Å². The topological polar surface area (TPSA) is 76.4 Å². The fourth-order valence-electron chi connectivity index (χ4n) is 3.17. The number of nitrogens with zero attached hydrogens (tertiary/aromatic N) is 3. The van der Waals surface area contributed by atoms with Crippen LogP contribution in [0.25, 0.3) is 0 Å². The van der Waals surface area contributed by atoms with Crippen molar-refractivity contribution in [1.29, 1.82) is 5.26 Å². The highest BCUT2D eigenvalue weighted by Gasteiger charge is 2.35. The summed E-state index contributed by atoms with van der Waals surface area (Å²) in [5.41, 5.74) is 0.283. The number of halogens is 1. The molecular formula is C15H19ClN4O2S. The van der Waals surface area contributed by atoms with Crippen molar-refractivity contribution in [1.82, 2.24) is 14.5 Å². The Labute approximate surface area is 141 Å². The van der Waals surface area contributed by atoms with E-state index in [0.29, 0.717) is 13.1 Å². The van der Waals surface area contributed by atoms with Crippen molar-refractivity contribution in [2.75, 3.05) is 39.3 Å². The maximum atomic E-state index is 12.8. The van der Waals surface area contributed by atoms with Gasteiger partial charge in [0.1, 0.15) is 6.07 Å². The van der Waals surface area contributed by atoms with Crippen LogP contribution in [-0.4, -0.2) is 62.9 Å². The molecule has 0 aliphatic carbocycles. The van der Waals surface area contributed by atoms with Crippen molar-refractivity contribution in [2.24, 2.45) is 0 Å². The summed E-state index contributed by atoms with van der Waals surface area (Å²) in [6.07, 6.45) is 0.850. The molecule has 2 fully saturated rings. The molecule has 1 aromatic rings.